The maximum Gasteiger partial charge on any atom is 0.363 e. The van der Waals surface area contributed by atoms with E-state index in [4.69, 9.17) is 23.7 Å². The number of esters is 1. The first-order valence-corrected chi connectivity index (χ1v) is 11.3. The number of aryl methyl sites for hydroxylation is 1. The molecule has 7 heteroatoms. The van der Waals surface area contributed by atoms with Crippen LogP contribution in [0.15, 0.2) is 83.5 Å². The first-order valence-electron chi connectivity index (χ1n) is 11.3. The Labute approximate surface area is 204 Å². The van der Waals surface area contributed by atoms with Crippen LogP contribution in [0.5, 0.6) is 17.2 Å². The molecular weight excluding hydrogens is 446 g/mol. The van der Waals surface area contributed by atoms with Crippen molar-refractivity contribution >= 4 is 17.9 Å². The van der Waals surface area contributed by atoms with Gasteiger partial charge in [0.1, 0.15) is 19.0 Å². The zero-order chi connectivity index (χ0) is 24.5. The van der Waals surface area contributed by atoms with Crippen LogP contribution in [0.2, 0.25) is 0 Å². The van der Waals surface area contributed by atoms with Gasteiger partial charge in [0, 0.05) is 5.56 Å². The molecule has 1 aliphatic rings. The molecular formula is C28H27NO6. The van der Waals surface area contributed by atoms with Gasteiger partial charge in [-0.3, -0.25) is 0 Å². The summed E-state index contributed by atoms with van der Waals surface area (Å²) < 4.78 is 27.8. The smallest absolute Gasteiger partial charge is 0.363 e. The normalized spacial score (nSPS) is 13.9. The monoisotopic (exact) mass is 473 g/mol. The lowest BCUT2D eigenvalue weighted by molar-refractivity contribution is -0.129. The van der Waals surface area contributed by atoms with Gasteiger partial charge in [0.05, 0.1) is 20.3 Å². The van der Waals surface area contributed by atoms with Gasteiger partial charge in [-0.15, -0.1) is 0 Å². The third-order valence-corrected chi connectivity index (χ3v) is 5.13. The van der Waals surface area contributed by atoms with E-state index in [1.807, 2.05) is 67.6 Å². The lowest BCUT2D eigenvalue weighted by Crippen LogP contribution is -2.12. The number of cyclic esters (lactones) is 1. The number of ether oxygens (including phenoxy) is 5. The Hall–Kier alpha value is -4.10. The van der Waals surface area contributed by atoms with Crippen LogP contribution in [-0.2, 0) is 14.3 Å². The summed E-state index contributed by atoms with van der Waals surface area (Å²) in [6, 6.07) is 22.6. The zero-order valence-corrected chi connectivity index (χ0v) is 19.7. The van der Waals surface area contributed by atoms with Crippen molar-refractivity contribution in [3.05, 3.63) is 95.2 Å². The predicted octanol–water partition coefficient (Wildman–Crippen LogP) is 4.82. The SMILES string of the molecule is COc1cc(C=C2N=C(c3ccccc3)OC2=O)ccc1OCCOCCOc1ccc(C)cc1. The summed E-state index contributed by atoms with van der Waals surface area (Å²) in [5.41, 5.74) is 2.90. The van der Waals surface area contributed by atoms with E-state index in [2.05, 4.69) is 4.99 Å². The van der Waals surface area contributed by atoms with Crippen molar-refractivity contribution in [3.63, 3.8) is 0 Å². The van der Waals surface area contributed by atoms with Crippen molar-refractivity contribution in [2.75, 3.05) is 33.5 Å². The van der Waals surface area contributed by atoms with Gasteiger partial charge < -0.3 is 23.7 Å². The number of methoxy groups -OCH3 is 1. The molecule has 0 saturated carbocycles. The van der Waals surface area contributed by atoms with E-state index in [1.54, 1.807) is 25.3 Å². The fraction of sp³-hybridized carbons (Fsp3) is 0.214. The molecule has 3 aromatic rings. The van der Waals surface area contributed by atoms with Gasteiger partial charge in [-0.05, 0) is 55.0 Å². The summed E-state index contributed by atoms with van der Waals surface area (Å²) in [7, 11) is 1.56. The Balaban J connectivity index is 1.27. The largest absolute Gasteiger partial charge is 0.493 e. The average Bonchev–Trinajstić information content (AvgIpc) is 3.25. The topological polar surface area (TPSA) is 75.6 Å². The Morgan fingerprint density at radius 2 is 1.60 bits per heavy atom. The zero-order valence-electron chi connectivity index (χ0n) is 19.7. The number of carbonyl (C=O) groups excluding carboxylic acids is 1. The third kappa shape index (κ3) is 6.71. The maximum atomic E-state index is 12.2. The minimum absolute atomic E-state index is 0.223. The molecule has 1 aliphatic heterocycles. The molecule has 0 bridgehead atoms. The predicted molar refractivity (Wildman–Crippen MR) is 133 cm³/mol. The number of hydrogen-bond donors (Lipinski definition) is 0. The van der Waals surface area contributed by atoms with Crippen molar-refractivity contribution in [3.8, 4) is 17.2 Å². The minimum atomic E-state index is -0.494. The molecule has 3 aromatic carbocycles. The van der Waals surface area contributed by atoms with Crippen LogP contribution in [0.3, 0.4) is 0 Å². The summed E-state index contributed by atoms with van der Waals surface area (Å²) in [5.74, 6) is 1.74. The fourth-order valence-electron chi connectivity index (χ4n) is 3.33. The summed E-state index contributed by atoms with van der Waals surface area (Å²) >= 11 is 0. The molecule has 0 N–H and O–H groups in total. The summed E-state index contributed by atoms with van der Waals surface area (Å²) in [6.45, 7) is 3.73. The van der Waals surface area contributed by atoms with Gasteiger partial charge in [0.25, 0.3) is 0 Å². The third-order valence-electron chi connectivity index (χ3n) is 5.13. The van der Waals surface area contributed by atoms with Crippen LogP contribution in [0.1, 0.15) is 16.7 Å². The second kappa shape index (κ2) is 11.9. The summed E-state index contributed by atoms with van der Waals surface area (Å²) in [5, 5.41) is 0. The van der Waals surface area contributed by atoms with Crippen LogP contribution in [-0.4, -0.2) is 45.4 Å². The Kier molecular flexibility index (Phi) is 8.14. The van der Waals surface area contributed by atoms with E-state index in [1.165, 1.54) is 5.56 Å². The average molecular weight is 474 g/mol. The number of rotatable bonds is 11. The Morgan fingerprint density at radius 3 is 2.34 bits per heavy atom. The standard InChI is InChI=1S/C28H27NO6/c1-20-8-11-23(12-9-20)33-16-14-32-15-17-34-25-13-10-21(19-26(25)31-2)18-24-28(30)35-27(29-24)22-6-4-3-5-7-22/h3-13,18-19H,14-17H2,1-2H3. The molecule has 35 heavy (non-hydrogen) atoms. The molecule has 0 unspecified atom stereocenters. The molecule has 0 aromatic heterocycles. The molecule has 0 fully saturated rings. The molecule has 7 nitrogen and oxygen atoms in total. The molecule has 4 rings (SSSR count). The van der Waals surface area contributed by atoms with E-state index in [0.717, 1.165) is 16.9 Å². The quantitative estimate of drug-likeness (QED) is 0.226. The van der Waals surface area contributed by atoms with Crippen LogP contribution in [0, 0.1) is 6.92 Å². The second-order valence-electron chi connectivity index (χ2n) is 7.73. The summed E-state index contributed by atoms with van der Waals surface area (Å²) in [6.07, 6.45) is 1.65. The van der Waals surface area contributed by atoms with Gasteiger partial charge in [0.2, 0.25) is 5.90 Å². The van der Waals surface area contributed by atoms with E-state index < -0.39 is 5.97 Å². The van der Waals surface area contributed by atoms with Crippen LogP contribution in [0.4, 0.5) is 0 Å². The number of benzene rings is 3. The van der Waals surface area contributed by atoms with Crippen molar-refractivity contribution in [1.29, 1.82) is 0 Å². The van der Waals surface area contributed by atoms with Crippen LogP contribution in [0.25, 0.3) is 6.08 Å². The summed E-state index contributed by atoms with van der Waals surface area (Å²) in [4.78, 5) is 16.6. The van der Waals surface area contributed by atoms with E-state index in [9.17, 15) is 4.79 Å². The first kappa shape index (κ1) is 24.0. The Bertz CT molecular complexity index is 1200. The van der Waals surface area contributed by atoms with Gasteiger partial charge in [0.15, 0.2) is 17.2 Å². The molecule has 0 radical (unpaired) electrons. The van der Waals surface area contributed by atoms with E-state index in [-0.39, 0.29) is 11.6 Å². The van der Waals surface area contributed by atoms with Gasteiger partial charge in [-0.25, -0.2) is 9.79 Å². The maximum absolute atomic E-state index is 12.2. The fourth-order valence-corrected chi connectivity index (χ4v) is 3.33. The van der Waals surface area contributed by atoms with Gasteiger partial charge >= 0.3 is 5.97 Å². The van der Waals surface area contributed by atoms with Crippen molar-refractivity contribution in [1.82, 2.24) is 0 Å². The molecule has 0 aliphatic carbocycles. The van der Waals surface area contributed by atoms with Crippen molar-refractivity contribution < 1.29 is 28.5 Å². The lowest BCUT2D eigenvalue weighted by Gasteiger charge is -2.12. The second-order valence-corrected chi connectivity index (χ2v) is 7.73. The molecule has 180 valence electrons. The molecule has 0 spiro atoms. The molecule has 1 heterocycles. The van der Waals surface area contributed by atoms with E-state index in [0.29, 0.717) is 37.9 Å². The van der Waals surface area contributed by atoms with Crippen LogP contribution >= 0.6 is 0 Å². The number of aliphatic imine (C=N–C) groups is 1. The van der Waals surface area contributed by atoms with Crippen molar-refractivity contribution in [2.24, 2.45) is 4.99 Å². The Morgan fingerprint density at radius 1 is 0.857 bits per heavy atom. The van der Waals surface area contributed by atoms with Gasteiger partial charge in [-0.2, -0.15) is 0 Å². The van der Waals surface area contributed by atoms with Crippen molar-refractivity contribution in [2.45, 2.75) is 6.92 Å². The lowest BCUT2D eigenvalue weighted by atomic mass is 10.1. The number of carbonyl (C=O) groups is 1. The van der Waals surface area contributed by atoms with E-state index >= 15 is 0 Å². The highest BCUT2D eigenvalue weighted by Crippen LogP contribution is 2.29. The van der Waals surface area contributed by atoms with Crippen LogP contribution < -0.4 is 14.2 Å². The minimum Gasteiger partial charge on any atom is -0.493 e. The molecule has 0 saturated heterocycles. The molecule has 0 atom stereocenters. The number of nitrogens with zero attached hydrogens (tertiary/aromatic N) is 1. The van der Waals surface area contributed by atoms with Gasteiger partial charge in [-0.1, -0.05) is 42.0 Å². The highest BCUT2D eigenvalue weighted by molar-refractivity contribution is 6.12. The number of hydrogen-bond acceptors (Lipinski definition) is 7. The highest BCUT2D eigenvalue weighted by atomic mass is 16.6. The molecule has 0 amide bonds. The first-order chi connectivity index (χ1) is 17.1. The highest BCUT2D eigenvalue weighted by Gasteiger charge is 2.24.